The predicted octanol–water partition coefficient (Wildman–Crippen LogP) is 4.13. The van der Waals surface area contributed by atoms with Gasteiger partial charge in [0.05, 0.1) is 41.1 Å². The number of para-hydroxylation sites is 1. The minimum Gasteiger partial charge on any atom is -0.319 e. The molecule has 1 N–H and O–H groups in total. The number of halogens is 1. The molecule has 4 rings (SSSR count). The summed E-state index contributed by atoms with van der Waals surface area (Å²) in [6.45, 7) is 4.18. The van der Waals surface area contributed by atoms with E-state index in [-0.39, 0.29) is 11.7 Å². The second-order valence-electron chi connectivity index (χ2n) is 6.80. The van der Waals surface area contributed by atoms with Crippen LogP contribution in [0, 0.1) is 19.7 Å². The maximum absolute atomic E-state index is 13.0. The topological polar surface area (TPSA) is 64.7 Å². The second kappa shape index (κ2) is 7.71. The molecular weight excluding hydrogens is 369 g/mol. The number of benzene rings is 2. The van der Waals surface area contributed by atoms with Crippen molar-refractivity contribution in [1.82, 2.24) is 19.6 Å². The predicted molar refractivity (Wildman–Crippen MR) is 109 cm³/mol. The van der Waals surface area contributed by atoms with Crippen LogP contribution in [0.25, 0.3) is 5.69 Å². The Labute approximate surface area is 167 Å². The van der Waals surface area contributed by atoms with Gasteiger partial charge in [-0.3, -0.25) is 9.48 Å². The summed E-state index contributed by atoms with van der Waals surface area (Å²) >= 11 is 0. The summed E-state index contributed by atoms with van der Waals surface area (Å²) in [5.74, 6) is -0.507. The number of rotatable bonds is 5. The Kier molecular flexibility index (Phi) is 4.95. The Balaban J connectivity index is 1.51. The Hall–Kier alpha value is -3.74. The molecule has 6 nitrogen and oxygen atoms in total. The fraction of sp³-hybridized carbons (Fsp3) is 0.136. The van der Waals surface area contributed by atoms with Crippen LogP contribution in [0.3, 0.4) is 0 Å². The first-order valence-corrected chi connectivity index (χ1v) is 9.21. The Bertz CT molecular complexity index is 1150. The van der Waals surface area contributed by atoms with E-state index in [0.29, 0.717) is 23.5 Å². The number of hydrogen-bond donors (Lipinski definition) is 1. The van der Waals surface area contributed by atoms with Gasteiger partial charge < -0.3 is 5.32 Å². The lowest BCUT2D eigenvalue weighted by molar-refractivity contribution is 0.102. The molecular formula is C22H20FN5O. The summed E-state index contributed by atoms with van der Waals surface area (Å²) in [6, 6.07) is 15.9. The van der Waals surface area contributed by atoms with Gasteiger partial charge in [0, 0.05) is 6.20 Å². The van der Waals surface area contributed by atoms with Crippen LogP contribution < -0.4 is 5.32 Å². The fourth-order valence-corrected chi connectivity index (χ4v) is 3.28. The molecule has 2 aromatic carbocycles. The summed E-state index contributed by atoms with van der Waals surface area (Å²) < 4.78 is 16.5. The number of hydrogen-bond acceptors (Lipinski definition) is 3. The van der Waals surface area contributed by atoms with Gasteiger partial charge in [-0.2, -0.15) is 10.2 Å². The third-order valence-electron chi connectivity index (χ3n) is 4.67. The summed E-state index contributed by atoms with van der Waals surface area (Å²) in [4.78, 5) is 12.9. The Morgan fingerprint density at radius 2 is 1.79 bits per heavy atom. The van der Waals surface area contributed by atoms with Crippen molar-refractivity contribution in [1.29, 1.82) is 0 Å². The number of carbonyl (C=O) groups excluding carboxylic acids is 1. The number of carbonyl (C=O) groups is 1. The van der Waals surface area contributed by atoms with E-state index in [4.69, 9.17) is 0 Å². The molecule has 0 aliphatic heterocycles. The highest BCUT2D eigenvalue weighted by molar-refractivity contribution is 6.05. The van der Waals surface area contributed by atoms with E-state index in [0.717, 1.165) is 16.9 Å². The number of nitrogens with zero attached hydrogens (tertiary/aromatic N) is 4. The average molecular weight is 389 g/mol. The molecule has 0 radical (unpaired) electrons. The highest BCUT2D eigenvalue weighted by Gasteiger charge is 2.20. The largest absolute Gasteiger partial charge is 0.319 e. The maximum atomic E-state index is 13.0. The van der Waals surface area contributed by atoms with Crippen LogP contribution in [0.2, 0.25) is 0 Å². The highest BCUT2D eigenvalue weighted by Crippen LogP contribution is 2.19. The molecule has 0 saturated heterocycles. The van der Waals surface area contributed by atoms with Crippen LogP contribution >= 0.6 is 0 Å². The molecule has 2 aromatic heterocycles. The highest BCUT2D eigenvalue weighted by atomic mass is 19.1. The normalized spacial score (nSPS) is 10.9. The van der Waals surface area contributed by atoms with E-state index < -0.39 is 0 Å². The monoisotopic (exact) mass is 389 g/mol. The van der Waals surface area contributed by atoms with Crippen molar-refractivity contribution in [2.75, 3.05) is 5.32 Å². The van der Waals surface area contributed by atoms with Crippen LogP contribution in [0.1, 0.15) is 27.3 Å². The van der Waals surface area contributed by atoms with Crippen LogP contribution in [0.15, 0.2) is 67.0 Å². The minimum atomic E-state index is -0.274. The smallest absolute Gasteiger partial charge is 0.259 e. The van der Waals surface area contributed by atoms with E-state index >= 15 is 0 Å². The van der Waals surface area contributed by atoms with E-state index in [1.807, 2.05) is 44.2 Å². The molecule has 29 heavy (non-hydrogen) atoms. The first-order valence-electron chi connectivity index (χ1n) is 9.21. The molecule has 0 spiro atoms. The summed E-state index contributed by atoms with van der Waals surface area (Å²) in [6.07, 6.45) is 3.33. The average Bonchev–Trinajstić information content (AvgIpc) is 3.27. The van der Waals surface area contributed by atoms with Crippen molar-refractivity contribution in [2.24, 2.45) is 0 Å². The number of nitrogens with one attached hydrogen (secondary N) is 1. The van der Waals surface area contributed by atoms with Crippen LogP contribution in [-0.2, 0) is 6.54 Å². The van der Waals surface area contributed by atoms with E-state index in [9.17, 15) is 9.18 Å². The second-order valence-corrected chi connectivity index (χ2v) is 6.80. The lowest BCUT2D eigenvalue weighted by Gasteiger charge is -2.05. The molecule has 146 valence electrons. The third-order valence-corrected chi connectivity index (χ3v) is 4.67. The first kappa shape index (κ1) is 18.6. The molecule has 0 aliphatic rings. The van der Waals surface area contributed by atoms with Gasteiger partial charge >= 0.3 is 0 Å². The van der Waals surface area contributed by atoms with Crippen molar-refractivity contribution in [3.8, 4) is 5.69 Å². The molecule has 0 unspecified atom stereocenters. The van der Waals surface area contributed by atoms with E-state index in [2.05, 4.69) is 15.5 Å². The first-order chi connectivity index (χ1) is 14.0. The summed E-state index contributed by atoms with van der Waals surface area (Å²) in [7, 11) is 0. The standard InChI is InChI=1S/C22H20FN5O/c1-15-21(16(2)28(26-15)20-6-4-3-5-7-20)22(29)25-19-12-24-27(14-19)13-17-8-10-18(23)11-9-17/h3-12,14H,13H2,1-2H3,(H,25,29). The molecule has 1 amide bonds. The van der Waals surface area contributed by atoms with Crippen molar-refractivity contribution >= 4 is 11.6 Å². The summed E-state index contributed by atoms with van der Waals surface area (Å²) in [5, 5.41) is 11.7. The fourth-order valence-electron chi connectivity index (χ4n) is 3.28. The molecule has 0 saturated carbocycles. The Morgan fingerprint density at radius 3 is 2.52 bits per heavy atom. The molecule has 0 aliphatic carbocycles. The summed E-state index contributed by atoms with van der Waals surface area (Å²) in [5.41, 5.74) is 4.37. The van der Waals surface area contributed by atoms with Crippen molar-refractivity contribution in [2.45, 2.75) is 20.4 Å². The van der Waals surface area contributed by atoms with Crippen molar-refractivity contribution in [3.63, 3.8) is 0 Å². The third kappa shape index (κ3) is 3.94. The van der Waals surface area contributed by atoms with Gasteiger partial charge in [-0.25, -0.2) is 9.07 Å². The lowest BCUT2D eigenvalue weighted by Crippen LogP contribution is -2.13. The van der Waals surface area contributed by atoms with E-state index in [1.54, 1.807) is 33.9 Å². The van der Waals surface area contributed by atoms with Gasteiger partial charge in [0.1, 0.15) is 5.82 Å². The molecule has 0 atom stereocenters. The van der Waals surface area contributed by atoms with Crippen molar-refractivity contribution < 1.29 is 9.18 Å². The van der Waals surface area contributed by atoms with Crippen LogP contribution in [0.4, 0.5) is 10.1 Å². The SMILES string of the molecule is Cc1nn(-c2ccccc2)c(C)c1C(=O)Nc1cnn(Cc2ccc(F)cc2)c1. The zero-order valence-electron chi connectivity index (χ0n) is 16.1. The van der Waals surface area contributed by atoms with Gasteiger partial charge in [0.15, 0.2) is 0 Å². The number of anilines is 1. The van der Waals surface area contributed by atoms with Gasteiger partial charge in [-0.1, -0.05) is 30.3 Å². The van der Waals surface area contributed by atoms with Crippen LogP contribution in [-0.4, -0.2) is 25.5 Å². The molecule has 0 bridgehead atoms. The minimum absolute atomic E-state index is 0.233. The zero-order chi connectivity index (χ0) is 20.4. The van der Waals surface area contributed by atoms with Gasteiger partial charge in [0.2, 0.25) is 0 Å². The molecule has 2 heterocycles. The van der Waals surface area contributed by atoms with E-state index in [1.165, 1.54) is 12.1 Å². The zero-order valence-corrected chi connectivity index (χ0v) is 16.1. The number of aromatic nitrogens is 4. The molecule has 7 heteroatoms. The number of aryl methyl sites for hydroxylation is 1. The number of amides is 1. The molecule has 0 fully saturated rings. The van der Waals surface area contributed by atoms with Crippen LogP contribution in [0.5, 0.6) is 0 Å². The van der Waals surface area contributed by atoms with Gasteiger partial charge in [0.25, 0.3) is 5.91 Å². The van der Waals surface area contributed by atoms with Gasteiger partial charge in [-0.05, 0) is 43.7 Å². The van der Waals surface area contributed by atoms with Crippen molar-refractivity contribution in [3.05, 3.63) is 95.3 Å². The quantitative estimate of drug-likeness (QED) is 0.558. The maximum Gasteiger partial charge on any atom is 0.259 e. The molecule has 4 aromatic rings. The lowest BCUT2D eigenvalue weighted by atomic mass is 10.2. The Morgan fingerprint density at radius 1 is 1.07 bits per heavy atom. The van der Waals surface area contributed by atoms with Gasteiger partial charge in [-0.15, -0.1) is 0 Å².